The zero-order valence-electron chi connectivity index (χ0n) is 14.0. The van der Waals surface area contributed by atoms with E-state index in [4.69, 9.17) is 25.5 Å². The molecule has 2 heterocycles. The molecule has 1 aromatic heterocycles. The lowest BCUT2D eigenvalue weighted by atomic mass is 10.1. The minimum absolute atomic E-state index is 0.0274. The number of halogens is 1. The summed E-state index contributed by atoms with van der Waals surface area (Å²) in [6.07, 6.45) is 3.37. The second-order valence-electron chi connectivity index (χ2n) is 5.71. The van der Waals surface area contributed by atoms with Crippen LogP contribution < -0.4 is 14.8 Å². The van der Waals surface area contributed by atoms with E-state index in [1.165, 1.54) is 6.08 Å². The van der Waals surface area contributed by atoms with Crippen molar-refractivity contribution in [3.8, 4) is 11.5 Å². The summed E-state index contributed by atoms with van der Waals surface area (Å²) in [7, 11) is 0. The Kier molecular flexibility index (Phi) is 4.76. The number of fused-ring (bicyclic) bond motifs is 1. The van der Waals surface area contributed by atoms with E-state index in [-0.39, 0.29) is 12.8 Å². The van der Waals surface area contributed by atoms with Crippen molar-refractivity contribution >= 4 is 29.6 Å². The number of carbonyl (C=O) groups is 1. The molecule has 0 saturated heterocycles. The van der Waals surface area contributed by atoms with Gasteiger partial charge in [0.25, 0.3) is 5.91 Å². The highest BCUT2D eigenvalue weighted by Gasteiger charge is 2.15. The predicted molar refractivity (Wildman–Crippen MR) is 98.8 cm³/mol. The maximum absolute atomic E-state index is 12.0. The van der Waals surface area contributed by atoms with Gasteiger partial charge < -0.3 is 13.9 Å². The summed E-state index contributed by atoms with van der Waals surface area (Å²) in [6, 6.07) is 12.8. The number of anilines is 1. The maximum atomic E-state index is 12.0. The number of benzene rings is 2. The molecule has 0 aliphatic carbocycles. The number of amides is 1. The SMILES string of the molecule is O=C(/C=C/c1ccccc1Cl)Nc1nnc(Cc2ccc3c(c2)OCO3)o1. The molecule has 0 unspecified atom stereocenters. The van der Waals surface area contributed by atoms with E-state index in [0.717, 1.165) is 11.1 Å². The van der Waals surface area contributed by atoms with Crippen molar-refractivity contribution in [2.24, 2.45) is 0 Å². The Balaban J connectivity index is 1.38. The van der Waals surface area contributed by atoms with Gasteiger partial charge in [-0.1, -0.05) is 41.0 Å². The van der Waals surface area contributed by atoms with Crippen LogP contribution in [0.1, 0.15) is 17.0 Å². The molecule has 0 radical (unpaired) electrons. The van der Waals surface area contributed by atoms with Crippen LogP contribution in [-0.2, 0) is 11.2 Å². The number of hydrogen-bond acceptors (Lipinski definition) is 6. The molecule has 2 aromatic carbocycles. The quantitative estimate of drug-likeness (QED) is 0.676. The van der Waals surface area contributed by atoms with Crippen molar-refractivity contribution in [1.29, 1.82) is 0 Å². The van der Waals surface area contributed by atoms with Gasteiger partial charge in [0.05, 0.1) is 6.42 Å². The third-order valence-corrected chi connectivity index (χ3v) is 4.15. The molecule has 0 fully saturated rings. The monoisotopic (exact) mass is 383 g/mol. The van der Waals surface area contributed by atoms with E-state index in [1.807, 2.05) is 36.4 Å². The average Bonchev–Trinajstić information content (AvgIpc) is 3.30. The third kappa shape index (κ3) is 4.09. The summed E-state index contributed by atoms with van der Waals surface area (Å²) in [6.45, 7) is 0.219. The molecular formula is C19H14ClN3O4. The van der Waals surface area contributed by atoms with E-state index in [2.05, 4.69) is 15.5 Å². The molecule has 1 N–H and O–H groups in total. The van der Waals surface area contributed by atoms with Crippen molar-refractivity contribution in [2.45, 2.75) is 6.42 Å². The second kappa shape index (κ2) is 7.51. The Hall–Kier alpha value is -3.32. The summed E-state index contributed by atoms with van der Waals surface area (Å²) in [5.41, 5.74) is 1.67. The van der Waals surface area contributed by atoms with Crippen LogP contribution in [0.25, 0.3) is 6.08 Å². The van der Waals surface area contributed by atoms with Gasteiger partial charge in [0, 0.05) is 11.1 Å². The molecular weight excluding hydrogens is 370 g/mol. The number of nitrogens with zero attached hydrogens (tertiary/aromatic N) is 2. The fourth-order valence-corrected chi connectivity index (χ4v) is 2.72. The van der Waals surface area contributed by atoms with Gasteiger partial charge in [0.2, 0.25) is 12.7 Å². The Morgan fingerprint density at radius 2 is 2.00 bits per heavy atom. The summed E-state index contributed by atoms with van der Waals surface area (Å²) in [5, 5.41) is 10.9. The second-order valence-corrected chi connectivity index (χ2v) is 6.12. The summed E-state index contributed by atoms with van der Waals surface area (Å²) in [5.74, 6) is 1.38. The van der Waals surface area contributed by atoms with Crippen LogP contribution in [-0.4, -0.2) is 22.9 Å². The highest BCUT2D eigenvalue weighted by molar-refractivity contribution is 6.32. The topological polar surface area (TPSA) is 86.5 Å². The lowest BCUT2D eigenvalue weighted by Crippen LogP contribution is -2.07. The zero-order chi connectivity index (χ0) is 18.6. The van der Waals surface area contributed by atoms with Crippen LogP contribution in [0.15, 0.2) is 53.0 Å². The van der Waals surface area contributed by atoms with Gasteiger partial charge >= 0.3 is 6.01 Å². The molecule has 27 heavy (non-hydrogen) atoms. The minimum atomic E-state index is -0.395. The van der Waals surface area contributed by atoms with Crippen LogP contribution in [0.2, 0.25) is 5.02 Å². The minimum Gasteiger partial charge on any atom is -0.454 e. The highest BCUT2D eigenvalue weighted by atomic mass is 35.5. The molecule has 4 rings (SSSR count). The normalized spacial score (nSPS) is 12.5. The van der Waals surface area contributed by atoms with Gasteiger partial charge in [0.15, 0.2) is 11.5 Å². The van der Waals surface area contributed by atoms with Crippen LogP contribution in [0.3, 0.4) is 0 Å². The lowest BCUT2D eigenvalue weighted by Gasteiger charge is -2.00. The molecule has 136 valence electrons. The number of rotatable bonds is 5. The molecule has 7 nitrogen and oxygen atoms in total. The molecule has 0 atom stereocenters. The Labute approximate surface area is 159 Å². The standard InChI is InChI=1S/C19H14ClN3O4/c20-14-4-2-1-3-13(14)6-8-17(24)21-19-23-22-18(27-19)10-12-5-7-15-16(9-12)26-11-25-15/h1-9H,10-11H2,(H,21,23,24)/b8-6+. The third-order valence-electron chi connectivity index (χ3n) is 3.81. The first kappa shape index (κ1) is 17.1. The van der Waals surface area contributed by atoms with E-state index in [0.29, 0.717) is 28.8 Å². The van der Waals surface area contributed by atoms with Crippen molar-refractivity contribution in [3.05, 3.63) is 70.6 Å². The van der Waals surface area contributed by atoms with Gasteiger partial charge in [-0.3, -0.25) is 10.1 Å². The van der Waals surface area contributed by atoms with Crippen LogP contribution >= 0.6 is 11.6 Å². The van der Waals surface area contributed by atoms with Crippen molar-refractivity contribution in [1.82, 2.24) is 10.2 Å². The average molecular weight is 384 g/mol. The Bertz CT molecular complexity index is 1020. The van der Waals surface area contributed by atoms with E-state index in [1.54, 1.807) is 12.1 Å². The number of hydrogen-bond donors (Lipinski definition) is 1. The molecule has 8 heteroatoms. The van der Waals surface area contributed by atoms with Crippen molar-refractivity contribution in [3.63, 3.8) is 0 Å². The Morgan fingerprint density at radius 1 is 1.15 bits per heavy atom. The van der Waals surface area contributed by atoms with Gasteiger partial charge in [-0.25, -0.2) is 0 Å². The summed E-state index contributed by atoms with van der Waals surface area (Å²) >= 11 is 6.04. The van der Waals surface area contributed by atoms with Crippen LogP contribution in [0.4, 0.5) is 6.01 Å². The maximum Gasteiger partial charge on any atom is 0.322 e. The first-order valence-corrected chi connectivity index (χ1v) is 8.50. The number of ether oxygens (including phenoxy) is 2. The zero-order valence-corrected chi connectivity index (χ0v) is 14.8. The molecule has 0 bridgehead atoms. The lowest BCUT2D eigenvalue weighted by molar-refractivity contribution is -0.112. The molecule has 1 aliphatic heterocycles. The molecule has 1 aliphatic rings. The summed E-state index contributed by atoms with van der Waals surface area (Å²) < 4.78 is 16.1. The summed E-state index contributed by atoms with van der Waals surface area (Å²) in [4.78, 5) is 12.0. The van der Waals surface area contributed by atoms with Gasteiger partial charge in [-0.15, -0.1) is 5.10 Å². The smallest absolute Gasteiger partial charge is 0.322 e. The fraction of sp³-hybridized carbons (Fsp3) is 0.105. The van der Waals surface area contributed by atoms with Gasteiger partial charge in [-0.2, -0.15) is 0 Å². The van der Waals surface area contributed by atoms with E-state index >= 15 is 0 Å². The molecule has 0 saturated carbocycles. The first-order chi connectivity index (χ1) is 13.2. The fourth-order valence-electron chi connectivity index (χ4n) is 2.52. The molecule has 1 amide bonds. The number of aromatic nitrogens is 2. The van der Waals surface area contributed by atoms with Crippen molar-refractivity contribution in [2.75, 3.05) is 12.1 Å². The number of nitrogens with one attached hydrogen (secondary N) is 1. The van der Waals surface area contributed by atoms with Crippen LogP contribution in [0.5, 0.6) is 11.5 Å². The van der Waals surface area contributed by atoms with Gasteiger partial charge in [0.1, 0.15) is 0 Å². The van der Waals surface area contributed by atoms with E-state index < -0.39 is 5.91 Å². The number of carbonyl (C=O) groups excluding carboxylic acids is 1. The Morgan fingerprint density at radius 3 is 2.89 bits per heavy atom. The highest BCUT2D eigenvalue weighted by Crippen LogP contribution is 2.33. The molecule has 3 aromatic rings. The van der Waals surface area contributed by atoms with Crippen molar-refractivity contribution < 1.29 is 18.7 Å². The molecule has 0 spiro atoms. The first-order valence-electron chi connectivity index (χ1n) is 8.12. The van der Waals surface area contributed by atoms with E-state index in [9.17, 15) is 4.79 Å². The van der Waals surface area contributed by atoms with Gasteiger partial charge in [-0.05, 0) is 35.4 Å². The predicted octanol–water partition coefficient (Wildman–Crippen LogP) is 3.69. The largest absolute Gasteiger partial charge is 0.454 e. The van der Waals surface area contributed by atoms with Crippen LogP contribution in [0, 0.1) is 0 Å².